The average molecular weight is 239 g/mol. The number of aliphatic hydroxyl groups excluding tert-OH is 1. The van der Waals surface area contributed by atoms with Gasteiger partial charge >= 0.3 is 0 Å². The van der Waals surface area contributed by atoms with Gasteiger partial charge in [-0.3, -0.25) is 0 Å². The second-order valence-electron chi connectivity index (χ2n) is 4.64. The Morgan fingerprint density at radius 1 is 1.35 bits per heavy atom. The molecule has 0 aromatic heterocycles. The first-order valence-corrected chi connectivity index (χ1v) is 6.23. The summed E-state index contributed by atoms with van der Waals surface area (Å²) in [6, 6.07) is 4.91. The summed E-state index contributed by atoms with van der Waals surface area (Å²) in [7, 11) is 0. The summed E-state index contributed by atoms with van der Waals surface area (Å²) in [4.78, 5) is 0. The summed E-state index contributed by atoms with van der Waals surface area (Å²) in [5.74, 6) is -0.183. The van der Waals surface area contributed by atoms with Gasteiger partial charge in [0.15, 0.2) is 0 Å². The third-order valence-electron chi connectivity index (χ3n) is 3.07. The Morgan fingerprint density at radius 2 is 2.06 bits per heavy atom. The Morgan fingerprint density at radius 3 is 2.65 bits per heavy atom. The maximum atomic E-state index is 13.1. The van der Waals surface area contributed by atoms with E-state index in [1.54, 1.807) is 13.0 Å². The van der Waals surface area contributed by atoms with E-state index in [4.69, 9.17) is 5.73 Å². The van der Waals surface area contributed by atoms with Crippen LogP contribution >= 0.6 is 0 Å². The number of aliphatic hydroxyl groups is 1. The van der Waals surface area contributed by atoms with E-state index in [0.29, 0.717) is 12.0 Å². The van der Waals surface area contributed by atoms with E-state index in [1.807, 2.05) is 6.07 Å². The minimum atomic E-state index is -0.472. The van der Waals surface area contributed by atoms with E-state index in [-0.39, 0.29) is 11.9 Å². The van der Waals surface area contributed by atoms with Crippen molar-refractivity contribution in [3.8, 4) is 0 Å². The number of aryl methyl sites for hydroxylation is 2. The Balaban J connectivity index is 2.47. The van der Waals surface area contributed by atoms with Gasteiger partial charge in [-0.05, 0) is 43.4 Å². The zero-order chi connectivity index (χ0) is 12.8. The van der Waals surface area contributed by atoms with Gasteiger partial charge in [0.2, 0.25) is 0 Å². The van der Waals surface area contributed by atoms with Gasteiger partial charge in [-0.25, -0.2) is 4.39 Å². The van der Waals surface area contributed by atoms with Crippen LogP contribution in [0.1, 0.15) is 37.3 Å². The second-order valence-corrected chi connectivity index (χ2v) is 4.64. The Hall–Kier alpha value is -0.930. The minimum absolute atomic E-state index is 0.151. The lowest BCUT2D eigenvalue weighted by atomic mass is 9.99. The number of nitrogens with two attached hydrogens (primary N) is 1. The minimum Gasteiger partial charge on any atom is -0.392 e. The monoisotopic (exact) mass is 239 g/mol. The van der Waals surface area contributed by atoms with Crippen LogP contribution in [0.15, 0.2) is 18.2 Å². The second kappa shape index (κ2) is 6.72. The molecule has 0 spiro atoms. The highest BCUT2D eigenvalue weighted by atomic mass is 19.1. The fourth-order valence-corrected chi connectivity index (χ4v) is 1.92. The molecule has 0 fully saturated rings. The first-order chi connectivity index (χ1) is 8.04. The van der Waals surface area contributed by atoms with Gasteiger partial charge in [-0.2, -0.15) is 0 Å². The van der Waals surface area contributed by atoms with Gasteiger partial charge in [0.1, 0.15) is 5.82 Å². The third-order valence-corrected chi connectivity index (χ3v) is 3.07. The lowest BCUT2D eigenvalue weighted by Crippen LogP contribution is -2.34. The molecular formula is C14H22FNO. The molecule has 1 aromatic carbocycles. The molecular weight excluding hydrogens is 217 g/mol. The molecule has 96 valence electrons. The van der Waals surface area contributed by atoms with E-state index in [9.17, 15) is 9.50 Å². The zero-order valence-corrected chi connectivity index (χ0v) is 10.6. The molecule has 17 heavy (non-hydrogen) atoms. The largest absolute Gasteiger partial charge is 0.392 e. The molecule has 3 N–H and O–H groups in total. The quantitative estimate of drug-likeness (QED) is 0.801. The molecule has 0 bridgehead atoms. The summed E-state index contributed by atoms with van der Waals surface area (Å²) in [6.45, 7) is 3.80. The van der Waals surface area contributed by atoms with Crippen LogP contribution in [0.2, 0.25) is 0 Å². The fourth-order valence-electron chi connectivity index (χ4n) is 1.92. The van der Waals surface area contributed by atoms with E-state index < -0.39 is 6.10 Å². The molecule has 2 atom stereocenters. The summed E-state index contributed by atoms with van der Waals surface area (Å²) < 4.78 is 13.1. The van der Waals surface area contributed by atoms with E-state index >= 15 is 0 Å². The maximum Gasteiger partial charge on any atom is 0.126 e. The molecule has 1 aromatic rings. The molecule has 1 rings (SSSR count). The van der Waals surface area contributed by atoms with Crippen molar-refractivity contribution in [3.05, 3.63) is 35.1 Å². The maximum absolute atomic E-state index is 13.1. The van der Waals surface area contributed by atoms with E-state index in [2.05, 4.69) is 6.92 Å². The smallest absolute Gasteiger partial charge is 0.126 e. The molecule has 3 heteroatoms. The fraction of sp³-hybridized carbons (Fsp3) is 0.571. The van der Waals surface area contributed by atoms with E-state index in [1.165, 1.54) is 6.07 Å². The van der Waals surface area contributed by atoms with Gasteiger partial charge < -0.3 is 10.8 Å². The van der Waals surface area contributed by atoms with Crippen LogP contribution in [0.5, 0.6) is 0 Å². The van der Waals surface area contributed by atoms with Gasteiger partial charge in [-0.1, -0.05) is 25.5 Å². The van der Waals surface area contributed by atoms with Crippen molar-refractivity contribution in [1.82, 2.24) is 0 Å². The van der Waals surface area contributed by atoms with Gasteiger partial charge in [0.25, 0.3) is 0 Å². The van der Waals surface area contributed by atoms with Gasteiger partial charge in [0, 0.05) is 6.04 Å². The van der Waals surface area contributed by atoms with Crippen LogP contribution in [-0.4, -0.2) is 17.3 Å². The molecule has 0 amide bonds. The molecule has 0 aliphatic heterocycles. The van der Waals surface area contributed by atoms with Crippen molar-refractivity contribution in [2.75, 3.05) is 0 Å². The molecule has 0 radical (unpaired) electrons. The highest BCUT2D eigenvalue weighted by Gasteiger charge is 2.13. The lowest BCUT2D eigenvalue weighted by molar-refractivity contribution is 0.131. The Kier molecular flexibility index (Phi) is 5.59. The molecule has 0 heterocycles. The summed E-state index contributed by atoms with van der Waals surface area (Å²) in [5, 5.41) is 9.83. The molecule has 0 aliphatic rings. The van der Waals surface area contributed by atoms with Gasteiger partial charge in [0.05, 0.1) is 6.10 Å². The number of rotatable bonds is 6. The molecule has 0 saturated heterocycles. The molecule has 2 unspecified atom stereocenters. The predicted octanol–water partition coefficient (Wildman–Crippen LogP) is 2.56. The van der Waals surface area contributed by atoms with Crippen molar-refractivity contribution in [2.45, 2.75) is 51.7 Å². The first-order valence-electron chi connectivity index (χ1n) is 6.23. The number of benzene rings is 1. The van der Waals surface area contributed by atoms with Crippen molar-refractivity contribution in [3.63, 3.8) is 0 Å². The Bertz CT molecular complexity index is 354. The highest BCUT2D eigenvalue weighted by molar-refractivity contribution is 5.24. The van der Waals surface area contributed by atoms with Crippen molar-refractivity contribution in [2.24, 2.45) is 5.73 Å². The highest BCUT2D eigenvalue weighted by Crippen LogP contribution is 2.13. The Labute approximate surface area is 103 Å². The predicted molar refractivity (Wildman–Crippen MR) is 68.3 cm³/mol. The number of hydrogen-bond donors (Lipinski definition) is 2. The van der Waals surface area contributed by atoms with Crippen molar-refractivity contribution in [1.29, 1.82) is 0 Å². The van der Waals surface area contributed by atoms with Crippen LogP contribution in [-0.2, 0) is 6.42 Å². The molecule has 0 saturated carbocycles. The molecule has 2 nitrogen and oxygen atoms in total. The van der Waals surface area contributed by atoms with Gasteiger partial charge in [-0.15, -0.1) is 0 Å². The van der Waals surface area contributed by atoms with Crippen LogP contribution < -0.4 is 5.73 Å². The van der Waals surface area contributed by atoms with Crippen LogP contribution in [0.4, 0.5) is 4.39 Å². The van der Waals surface area contributed by atoms with Crippen LogP contribution in [0.25, 0.3) is 0 Å². The number of hydrogen-bond acceptors (Lipinski definition) is 2. The van der Waals surface area contributed by atoms with Crippen molar-refractivity contribution < 1.29 is 9.50 Å². The lowest BCUT2D eigenvalue weighted by Gasteiger charge is -2.18. The summed E-state index contributed by atoms with van der Waals surface area (Å²) in [5.41, 5.74) is 7.53. The van der Waals surface area contributed by atoms with Crippen LogP contribution in [0.3, 0.4) is 0 Å². The normalized spacial score (nSPS) is 14.6. The zero-order valence-electron chi connectivity index (χ0n) is 10.6. The van der Waals surface area contributed by atoms with E-state index in [0.717, 1.165) is 24.8 Å². The first kappa shape index (κ1) is 14.1. The number of halogens is 1. The van der Waals surface area contributed by atoms with Crippen molar-refractivity contribution >= 4 is 0 Å². The third kappa shape index (κ3) is 4.44. The SMILES string of the molecule is CCCC(N)C(O)CCc1ccc(F)c(C)c1. The molecule has 0 aliphatic carbocycles. The van der Waals surface area contributed by atoms with Crippen LogP contribution in [0, 0.1) is 12.7 Å². The standard InChI is InChI=1S/C14H22FNO/c1-3-4-13(16)14(17)8-6-11-5-7-12(15)10(2)9-11/h5,7,9,13-14,17H,3-4,6,8,16H2,1-2H3. The summed E-state index contributed by atoms with van der Waals surface area (Å²) in [6.07, 6.45) is 2.71. The topological polar surface area (TPSA) is 46.2 Å². The summed E-state index contributed by atoms with van der Waals surface area (Å²) >= 11 is 0. The average Bonchev–Trinajstić information content (AvgIpc) is 2.30.